The molecule has 1 saturated carbocycles. The summed E-state index contributed by atoms with van der Waals surface area (Å²) < 4.78 is 44.3. The van der Waals surface area contributed by atoms with Gasteiger partial charge in [0.25, 0.3) is 0 Å². The van der Waals surface area contributed by atoms with E-state index in [-0.39, 0.29) is 61.7 Å². The van der Waals surface area contributed by atoms with Crippen molar-refractivity contribution in [3.8, 4) is 0 Å². The van der Waals surface area contributed by atoms with Gasteiger partial charge < -0.3 is 37.9 Å². The number of hydrogen-bond donors (Lipinski definition) is 0. The van der Waals surface area contributed by atoms with Gasteiger partial charge in [0.2, 0.25) is 0 Å². The molecule has 34 heavy (non-hydrogen) atoms. The molecule has 0 radical (unpaired) electrons. The van der Waals surface area contributed by atoms with Crippen LogP contribution in [-0.4, -0.2) is 94.4 Å². The van der Waals surface area contributed by atoms with Crippen molar-refractivity contribution in [1.29, 1.82) is 0 Å². The summed E-state index contributed by atoms with van der Waals surface area (Å²) in [6.45, 7) is 3.18. The first-order valence-corrected chi connectivity index (χ1v) is 12.1. The Morgan fingerprint density at radius 3 is 1.62 bits per heavy atom. The average molecular weight is 484 g/mol. The van der Waals surface area contributed by atoms with E-state index in [0.717, 1.165) is 0 Å². The van der Waals surface area contributed by atoms with Gasteiger partial charge in [0.1, 0.15) is 18.3 Å². The SMILES string of the molecule is COC(=O)C1CCC(C(=O)OC2COC3C(OC(=O)OC4COC5C(C)COC45)COC23)CC1. The number of esters is 2. The van der Waals surface area contributed by atoms with Crippen LogP contribution in [0.5, 0.6) is 0 Å². The molecule has 5 fully saturated rings. The molecule has 1 aliphatic carbocycles. The van der Waals surface area contributed by atoms with E-state index in [1.165, 1.54) is 7.11 Å². The van der Waals surface area contributed by atoms with Gasteiger partial charge >= 0.3 is 18.1 Å². The summed E-state index contributed by atoms with van der Waals surface area (Å²) in [6, 6.07) is 0. The second-order valence-corrected chi connectivity index (χ2v) is 9.78. The van der Waals surface area contributed by atoms with Crippen LogP contribution in [0.25, 0.3) is 0 Å². The molecule has 0 bridgehead atoms. The second kappa shape index (κ2) is 9.96. The van der Waals surface area contributed by atoms with Gasteiger partial charge in [-0.05, 0) is 25.7 Å². The number of carbonyl (C=O) groups excluding carboxylic acids is 3. The van der Waals surface area contributed by atoms with Crippen LogP contribution in [0.4, 0.5) is 4.79 Å². The molecule has 0 aromatic heterocycles. The van der Waals surface area contributed by atoms with Crippen LogP contribution >= 0.6 is 0 Å². The lowest BCUT2D eigenvalue weighted by atomic mass is 9.82. The molecule has 4 aliphatic heterocycles. The summed E-state index contributed by atoms with van der Waals surface area (Å²) in [4.78, 5) is 36.8. The normalized spacial score (nSPS) is 43.1. The van der Waals surface area contributed by atoms with Gasteiger partial charge in [-0.25, -0.2) is 4.79 Å². The van der Waals surface area contributed by atoms with Crippen LogP contribution in [0, 0.1) is 17.8 Å². The predicted molar refractivity (Wildman–Crippen MR) is 111 cm³/mol. The molecule has 8 atom stereocenters. The molecule has 190 valence electrons. The van der Waals surface area contributed by atoms with E-state index < -0.39 is 36.7 Å². The Hall–Kier alpha value is -1.95. The zero-order valence-corrected chi connectivity index (χ0v) is 19.4. The van der Waals surface area contributed by atoms with Gasteiger partial charge in [-0.2, -0.15) is 0 Å². The summed E-state index contributed by atoms with van der Waals surface area (Å²) in [6.07, 6.45) is -1.57. The minimum atomic E-state index is -0.821. The lowest BCUT2D eigenvalue weighted by Gasteiger charge is -2.27. The molecule has 11 nitrogen and oxygen atoms in total. The number of fused-ring (bicyclic) bond motifs is 2. The highest BCUT2D eigenvalue weighted by atomic mass is 16.8. The number of carbonyl (C=O) groups is 3. The Morgan fingerprint density at radius 2 is 1.06 bits per heavy atom. The average Bonchev–Trinajstić information content (AvgIpc) is 3.60. The molecule has 5 aliphatic rings. The summed E-state index contributed by atoms with van der Waals surface area (Å²) in [7, 11) is 1.38. The molecular weight excluding hydrogens is 452 g/mol. The molecule has 0 N–H and O–H groups in total. The Kier molecular flexibility index (Phi) is 6.97. The molecule has 5 rings (SSSR count). The van der Waals surface area contributed by atoms with Crippen LogP contribution in [0.3, 0.4) is 0 Å². The maximum Gasteiger partial charge on any atom is 0.509 e. The summed E-state index contributed by atoms with van der Waals surface area (Å²) in [5.74, 6) is -0.705. The number of ether oxygens (including phenoxy) is 8. The maximum atomic E-state index is 12.7. The first kappa shape index (κ1) is 23.8. The zero-order valence-electron chi connectivity index (χ0n) is 19.4. The molecule has 0 amide bonds. The van der Waals surface area contributed by atoms with Crippen molar-refractivity contribution in [1.82, 2.24) is 0 Å². The van der Waals surface area contributed by atoms with Crippen molar-refractivity contribution in [2.45, 2.75) is 75.3 Å². The first-order chi connectivity index (χ1) is 16.4. The van der Waals surface area contributed by atoms with Gasteiger partial charge in [-0.15, -0.1) is 0 Å². The minimum absolute atomic E-state index is 0.0684. The lowest BCUT2D eigenvalue weighted by Crippen LogP contribution is -2.38. The minimum Gasteiger partial charge on any atom is -0.469 e. The summed E-state index contributed by atoms with van der Waals surface area (Å²) >= 11 is 0. The third-order valence-electron chi connectivity index (χ3n) is 7.58. The number of hydrogen-bond acceptors (Lipinski definition) is 11. The van der Waals surface area contributed by atoms with Crippen molar-refractivity contribution in [3.05, 3.63) is 0 Å². The van der Waals surface area contributed by atoms with Crippen LogP contribution < -0.4 is 0 Å². The highest BCUT2D eigenvalue weighted by molar-refractivity contribution is 5.75. The van der Waals surface area contributed by atoms with Crippen molar-refractivity contribution in [2.75, 3.05) is 33.5 Å². The van der Waals surface area contributed by atoms with E-state index in [2.05, 4.69) is 0 Å². The van der Waals surface area contributed by atoms with Gasteiger partial charge in [0, 0.05) is 5.92 Å². The van der Waals surface area contributed by atoms with Gasteiger partial charge in [-0.3, -0.25) is 9.59 Å². The van der Waals surface area contributed by atoms with E-state index >= 15 is 0 Å². The summed E-state index contributed by atoms with van der Waals surface area (Å²) in [5, 5.41) is 0. The largest absolute Gasteiger partial charge is 0.509 e. The van der Waals surface area contributed by atoms with Crippen molar-refractivity contribution in [3.63, 3.8) is 0 Å². The molecule has 0 aromatic rings. The zero-order chi connectivity index (χ0) is 23.8. The summed E-state index contributed by atoms with van der Waals surface area (Å²) in [5.41, 5.74) is 0. The van der Waals surface area contributed by atoms with Crippen molar-refractivity contribution in [2.24, 2.45) is 17.8 Å². The fourth-order valence-electron chi connectivity index (χ4n) is 5.64. The standard InChI is InChI=1S/C23H32O11/c1-11-7-28-18-15(9-29-17(11)18)33-23(26)34-16-10-31-19-14(8-30-20(16)19)32-22(25)13-5-3-12(4-6-13)21(24)27-2/h11-20H,3-10H2,1-2H3. The van der Waals surface area contributed by atoms with Gasteiger partial charge in [0.15, 0.2) is 18.3 Å². The monoisotopic (exact) mass is 484 g/mol. The number of rotatable bonds is 5. The molecule has 0 spiro atoms. The quantitative estimate of drug-likeness (QED) is 0.410. The number of methoxy groups -OCH3 is 1. The third-order valence-corrected chi connectivity index (χ3v) is 7.58. The Balaban J connectivity index is 1.07. The molecule has 8 unspecified atom stereocenters. The predicted octanol–water partition coefficient (Wildman–Crippen LogP) is 0.999. The lowest BCUT2D eigenvalue weighted by molar-refractivity contribution is -0.161. The Labute approximate surface area is 197 Å². The Bertz CT molecular complexity index is 779. The van der Waals surface area contributed by atoms with Crippen molar-refractivity contribution >= 4 is 18.1 Å². The van der Waals surface area contributed by atoms with Crippen LogP contribution in [0.15, 0.2) is 0 Å². The Morgan fingerprint density at radius 1 is 0.618 bits per heavy atom. The van der Waals surface area contributed by atoms with E-state index in [9.17, 15) is 14.4 Å². The fraction of sp³-hybridized carbons (Fsp3) is 0.870. The topological polar surface area (TPSA) is 125 Å². The fourth-order valence-corrected chi connectivity index (χ4v) is 5.64. The highest BCUT2D eigenvalue weighted by Gasteiger charge is 2.53. The maximum absolute atomic E-state index is 12.7. The molecule has 11 heteroatoms. The van der Waals surface area contributed by atoms with Crippen molar-refractivity contribution < 1.29 is 52.3 Å². The molecule has 4 saturated heterocycles. The van der Waals surface area contributed by atoms with Crippen LogP contribution in [0.2, 0.25) is 0 Å². The van der Waals surface area contributed by atoms with Gasteiger partial charge in [0.05, 0.1) is 51.5 Å². The molecular formula is C23H32O11. The highest BCUT2D eigenvalue weighted by Crippen LogP contribution is 2.35. The first-order valence-electron chi connectivity index (χ1n) is 12.1. The third kappa shape index (κ3) is 4.62. The van der Waals surface area contributed by atoms with E-state index in [1.54, 1.807) is 0 Å². The smallest absolute Gasteiger partial charge is 0.469 e. The van der Waals surface area contributed by atoms with Gasteiger partial charge in [-0.1, -0.05) is 6.92 Å². The van der Waals surface area contributed by atoms with E-state index in [0.29, 0.717) is 32.3 Å². The van der Waals surface area contributed by atoms with E-state index in [1.807, 2.05) is 6.92 Å². The van der Waals surface area contributed by atoms with E-state index in [4.69, 9.17) is 37.9 Å². The second-order valence-electron chi connectivity index (χ2n) is 9.78. The van der Waals surface area contributed by atoms with Crippen LogP contribution in [-0.2, 0) is 47.5 Å². The molecule has 0 aromatic carbocycles. The molecule has 4 heterocycles. The van der Waals surface area contributed by atoms with Crippen LogP contribution in [0.1, 0.15) is 32.6 Å².